The summed E-state index contributed by atoms with van der Waals surface area (Å²) >= 11 is 6.49. The van der Waals surface area contributed by atoms with Crippen molar-refractivity contribution in [3.63, 3.8) is 0 Å². The quantitative estimate of drug-likeness (QED) is 0.370. The fourth-order valence-electron chi connectivity index (χ4n) is 4.88. The molecule has 4 rings (SSSR count). The van der Waals surface area contributed by atoms with Gasteiger partial charge in [-0.15, -0.1) is 6.58 Å². The van der Waals surface area contributed by atoms with Crippen molar-refractivity contribution in [2.75, 3.05) is 45.9 Å². The Bertz CT molecular complexity index is 1100. The number of halogens is 1. The fourth-order valence-corrected chi connectivity index (χ4v) is 5.13. The summed E-state index contributed by atoms with van der Waals surface area (Å²) in [4.78, 5) is 36.4. The molecule has 1 saturated heterocycles. The average Bonchev–Trinajstić information content (AvgIpc) is 2.87. The summed E-state index contributed by atoms with van der Waals surface area (Å²) in [6.45, 7) is 11.4. The highest BCUT2D eigenvalue weighted by Gasteiger charge is 2.43. The zero-order chi connectivity index (χ0) is 25.5. The maximum absolute atomic E-state index is 13.3. The van der Waals surface area contributed by atoms with E-state index < -0.39 is 24.0 Å². The minimum absolute atomic E-state index is 0.253. The van der Waals surface area contributed by atoms with Gasteiger partial charge in [0.05, 0.1) is 6.04 Å². The van der Waals surface area contributed by atoms with Gasteiger partial charge in [-0.25, -0.2) is 9.79 Å². The van der Waals surface area contributed by atoms with Gasteiger partial charge in [-0.3, -0.25) is 14.6 Å². The summed E-state index contributed by atoms with van der Waals surface area (Å²) < 4.78 is 5.75. The molecular formula is C28H33ClN4O3. The largest absolute Gasteiger partial charge is 0.464 e. The van der Waals surface area contributed by atoms with Crippen molar-refractivity contribution in [2.24, 2.45) is 10.9 Å². The van der Waals surface area contributed by atoms with Gasteiger partial charge in [0.15, 0.2) is 0 Å². The molecule has 8 heteroatoms. The predicted octanol–water partition coefficient (Wildman–Crippen LogP) is 4.44. The van der Waals surface area contributed by atoms with Gasteiger partial charge in [0, 0.05) is 56.5 Å². The Morgan fingerprint density at radius 2 is 1.75 bits per heavy atom. The highest BCUT2D eigenvalue weighted by Crippen LogP contribution is 2.38. The van der Waals surface area contributed by atoms with E-state index in [1.54, 1.807) is 19.1 Å². The highest BCUT2D eigenvalue weighted by molar-refractivity contribution is 6.31. The number of aliphatic imine (C=N–C) groups is 1. The molecule has 2 atom stereocenters. The van der Waals surface area contributed by atoms with E-state index >= 15 is 0 Å². The fraction of sp³-hybridized carbons (Fsp3) is 0.393. The van der Waals surface area contributed by atoms with E-state index in [4.69, 9.17) is 16.3 Å². The van der Waals surface area contributed by atoms with Gasteiger partial charge >= 0.3 is 12.0 Å². The Balaban J connectivity index is 1.36. The molecule has 190 valence electrons. The third-order valence-corrected chi connectivity index (χ3v) is 7.13. The summed E-state index contributed by atoms with van der Waals surface area (Å²) in [7, 11) is 0. The van der Waals surface area contributed by atoms with Crippen LogP contribution in [-0.2, 0) is 16.1 Å². The molecule has 2 amide bonds. The smallest absolute Gasteiger partial charge is 0.344 e. The Labute approximate surface area is 218 Å². The SMILES string of the molecule is C=CCN1C(=O)N=C(C)C(C(=O)OCCN2CCN(Cc3ccccc3)CC2)C1c1ccccc1Cl. The molecule has 0 saturated carbocycles. The van der Waals surface area contributed by atoms with Crippen LogP contribution in [0, 0.1) is 5.92 Å². The number of rotatable bonds is 9. The molecule has 2 unspecified atom stereocenters. The maximum Gasteiger partial charge on any atom is 0.344 e. The standard InChI is InChI=1S/C28H33ClN4O3/c1-3-13-33-26(23-11-7-8-12-24(23)29)25(21(2)30-28(33)35)27(34)36-19-18-31-14-16-32(17-15-31)20-22-9-5-4-6-10-22/h3-12,25-26H,1,13-20H2,2H3. The van der Waals surface area contributed by atoms with E-state index in [1.807, 2.05) is 24.3 Å². The first-order chi connectivity index (χ1) is 17.5. The predicted molar refractivity (Wildman–Crippen MR) is 142 cm³/mol. The lowest BCUT2D eigenvalue weighted by molar-refractivity contribution is -0.148. The van der Waals surface area contributed by atoms with Crippen molar-refractivity contribution >= 4 is 29.3 Å². The van der Waals surface area contributed by atoms with Gasteiger partial charge in [0.2, 0.25) is 0 Å². The lowest BCUT2D eigenvalue weighted by Gasteiger charge is -2.38. The van der Waals surface area contributed by atoms with Crippen LogP contribution in [0.4, 0.5) is 4.79 Å². The number of amides is 2. The lowest BCUT2D eigenvalue weighted by atomic mass is 9.86. The van der Waals surface area contributed by atoms with Crippen LogP contribution in [-0.4, -0.2) is 78.3 Å². The van der Waals surface area contributed by atoms with Crippen LogP contribution in [0.5, 0.6) is 0 Å². The number of esters is 1. The normalized spacial score (nSPS) is 21.2. The summed E-state index contributed by atoms with van der Waals surface area (Å²) in [6.07, 6.45) is 1.62. The topological polar surface area (TPSA) is 65.5 Å². The maximum atomic E-state index is 13.3. The van der Waals surface area contributed by atoms with Crippen LogP contribution in [0.25, 0.3) is 0 Å². The van der Waals surface area contributed by atoms with Gasteiger partial charge < -0.3 is 9.64 Å². The van der Waals surface area contributed by atoms with Gasteiger partial charge in [0.1, 0.15) is 12.5 Å². The molecule has 0 aliphatic carbocycles. The third-order valence-electron chi connectivity index (χ3n) is 6.79. The third kappa shape index (κ3) is 6.22. The second-order valence-corrected chi connectivity index (χ2v) is 9.60. The zero-order valence-corrected chi connectivity index (χ0v) is 21.4. The molecule has 0 radical (unpaired) electrons. The van der Waals surface area contributed by atoms with Crippen LogP contribution in [0.15, 0.2) is 72.2 Å². The Morgan fingerprint density at radius 1 is 1.08 bits per heavy atom. The number of piperazine rings is 1. The van der Waals surface area contributed by atoms with E-state index in [2.05, 4.69) is 45.6 Å². The number of carbonyl (C=O) groups is 2. The van der Waals surface area contributed by atoms with E-state index in [1.165, 1.54) is 10.5 Å². The second kappa shape index (κ2) is 12.3. The summed E-state index contributed by atoms with van der Waals surface area (Å²) in [5.41, 5.74) is 2.45. The molecule has 0 bridgehead atoms. The molecule has 2 aliphatic heterocycles. The molecular weight excluding hydrogens is 476 g/mol. The first-order valence-corrected chi connectivity index (χ1v) is 12.7. The van der Waals surface area contributed by atoms with E-state index in [0.29, 0.717) is 22.8 Å². The molecule has 0 aromatic heterocycles. The Morgan fingerprint density at radius 3 is 2.44 bits per heavy atom. The zero-order valence-electron chi connectivity index (χ0n) is 20.7. The number of carbonyl (C=O) groups excluding carboxylic acids is 2. The van der Waals surface area contributed by atoms with Gasteiger partial charge in [-0.1, -0.05) is 66.2 Å². The van der Waals surface area contributed by atoms with Crippen LogP contribution in [0.1, 0.15) is 24.1 Å². The molecule has 1 fully saturated rings. The number of urea groups is 1. The number of ether oxygens (including phenoxy) is 1. The van der Waals surface area contributed by atoms with Gasteiger partial charge in [-0.2, -0.15) is 0 Å². The molecule has 0 N–H and O–H groups in total. The number of benzene rings is 2. The van der Waals surface area contributed by atoms with E-state index in [-0.39, 0.29) is 13.2 Å². The van der Waals surface area contributed by atoms with Crippen LogP contribution in [0.2, 0.25) is 5.02 Å². The molecule has 2 heterocycles. The Hall–Kier alpha value is -3.00. The molecule has 2 aromatic carbocycles. The van der Waals surface area contributed by atoms with Crippen molar-refractivity contribution < 1.29 is 14.3 Å². The molecule has 7 nitrogen and oxygen atoms in total. The van der Waals surface area contributed by atoms with Crippen molar-refractivity contribution in [1.82, 2.24) is 14.7 Å². The van der Waals surface area contributed by atoms with Crippen molar-refractivity contribution in [3.05, 3.63) is 83.4 Å². The monoisotopic (exact) mass is 508 g/mol. The molecule has 36 heavy (non-hydrogen) atoms. The second-order valence-electron chi connectivity index (χ2n) is 9.19. The van der Waals surface area contributed by atoms with Crippen LogP contribution in [0.3, 0.4) is 0 Å². The first-order valence-electron chi connectivity index (χ1n) is 12.3. The van der Waals surface area contributed by atoms with Crippen LogP contribution < -0.4 is 0 Å². The molecule has 2 aliphatic rings. The first kappa shape index (κ1) is 26.1. The van der Waals surface area contributed by atoms with Gasteiger partial charge in [-0.05, 0) is 24.1 Å². The highest BCUT2D eigenvalue weighted by atomic mass is 35.5. The van der Waals surface area contributed by atoms with Gasteiger partial charge in [0.25, 0.3) is 0 Å². The summed E-state index contributed by atoms with van der Waals surface area (Å²) in [5, 5.41) is 0.491. The number of hydrogen-bond acceptors (Lipinski definition) is 5. The molecule has 0 spiro atoms. The number of hydrogen-bond donors (Lipinski definition) is 0. The summed E-state index contributed by atoms with van der Waals surface area (Å²) in [6, 6.07) is 16.7. The van der Waals surface area contributed by atoms with Crippen molar-refractivity contribution in [2.45, 2.75) is 19.5 Å². The molecule has 2 aromatic rings. The minimum atomic E-state index is -0.731. The van der Waals surface area contributed by atoms with E-state index in [9.17, 15) is 9.59 Å². The van der Waals surface area contributed by atoms with Crippen molar-refractivity contribution in [1.29, 1.82) is 0 Å². The van der Waals surface area contributed by atoms with E-state index in [0.717, 1.165) is 32.7 Å². The lowest BCUT2D eigenvalue weighted by Crippen LogP contribution is -2.48. The summed E-state index contributed by atoms with van der Waals surface area (Å²) in [5.74, 6) is -1.13. The number of nitrogens with zero attached hydrogens (tertiary/aromatic N) is 4. The van der Waals surface area contributed by atoms with Crippen molar-refractivity contribution in [3.8, 4) is 0 Å². The Kier molecular flexibility index (Phi) is 8.91. The van der Waals surface area contributed by atoms with Crippen LogP contribution >= 0.6 is 11.6 Å². The average molecular weight is 509 g/mol. The minimum Gasteiger partial charge on any atom is -0.464 e.